The lowest BCUT2D eigenvalue weighted by Gasteiger charge is -2.34. The Kier molecular flexibility index (Phi) is 6.34. The summed E-state index contributed by atoms with van der Waals surface area (Å²) in [6.45, 7) is 10.6. The molecule has 174 valence electrons. The molecule has 1 atom stereocenters. The molecule has 8 nitrogen and oxygen atoms in total. The lowest BCUT2D eigenvalue weighted by atomic mass is 9.97. The number of aryl methyl sites for hydroxylation is 1. The molecule has 0 radical (unpaired) electrons. The number of H-pyrrole nitrogens is 1. The second-order valence-electron chi connectivity index (χ2n) is 9.35. The highest BCUT2D eigenvalue weighted by Gasteiger charge is 2.36. The van der Waals surface area contributed by atoms with Gasteiger partial charge in [0.25, 0.3) is 5.91 Å². The Morgan fingerprint density at radius 2 is 2.21 bits per heavy atom. The van der Waals surface area contributed by atoms with Crippen molar-refractivity contribution in [3.63, 3.8) is 0 Å². The molecule has 0 fully saturated rings. The molecule has 0 spiro atoms. The first kappa shape index (κ1) is 23.1. The Balaban J connectivity index is 1.68. The van der Waals surface area contributed by atoms with Gasteiger partial charge in [-0.05, 0) is 31.9 Å². The van der Waals surface area contributed by atoms with E-state index in [-0.39, 0.29) is 17.4 Å². The van der Waals surface area contributed by atoms with Gasteiger partial charge in [0.15, 0.2) is 0 Å². The number of aromatic amines is 1. The van der Waals surface area contributed by atoms with E-state index in [2.05, 4.69) is 25.5 Å². The van der Waals surface area contributed by atoms with E-state index in [4.69, 9.17) is 16.8 Å². The highest BCUT2D eigenvalue weighted by molar-refractivity contribution is 7.47. The molecule has 0 saturated carbocycles. The van der Waals surface area contributed by atoms with E-state index in [1.807, 2.05) is 57.7 Å². The lowest BCUT2D eigenvalue weighted by Crippen LogP contribution is -2.40. The van der Waals surface area contributed by atoms with Gasteiger partial charge in [0.05, 0.1) is 41.9 Å². The van der Waals surface area contributed by atoms with E-state index in [0.717, 1.165) is 22.8 Å². The predicted molar refractivity (Wildman–Crippen MR) is 128 cm³/mol. The quantitative estimate of drug-likeness (QED) is 0.687. The zero-order chi connectivity index (χ0) is 23.8. The maximum absolute atomic E-state index is 13.8. The summed E-state index contributed by atoms with van der Waals surface area (Å²) < 4.78 is 10.0. The van der Waals surface area contributed by atoms with Crippen molar-refractivity contribution in [2.75, 3.05) is 6.54 Å². The second kappa shape index (κ2) is 9.05. The maximum Gasteiger partial charge on any atom is 0.292 e. The summed E-state index contributed by atoms with van der Waals surface area (Å²) in [7, 11) is 0. The first-order valence-electron chi connectivity index (χ1n) is 11.3. The first-order valence-corrected chi connectivity index (χ1v) is 11.6. The number of hydrogen-bond donors (Lipinski definition) is 1. The van der Waals surface area contributed by atoms with Crippen molar-refractivity contribution >= 4 is 18.3 Å². The largest absolute Gasteiger partial charge is 0.435 e. The van der Waals surface area contributed by atoms with Gasteiger partial charge in [-0.1, -0.05) is 44.3 Å². The summed E-state index contributed by atoms with van der Waals surface area (Å²) in [6.07, 6.45) is 11.5. The number of aromatic nitrogens is 3. The summed E-state index contributed by atoms with van der Waals surface area (Å²) in [5.74, 6) is 0.765. The second-order valence-corrected chi connectivity index (χ2v) is 9.52. The minimum absolute atomic E-state index is 0.146. The fourth-order valence-corrected chi connectivity index (χ4v) is 4.40. The van der Waals surface area contributed by atoms with Crippen LogP contribution in [0, 0.1) is 0 Å². The highest BCUT2D eigenvalue weighted by atomic mass is 32.1. The summed E-state index contributed by atoms with van der Waals surface area (Å²) in [6, 6.07) is -0.237. The van der Waals surface area contributed by atoms with Crippen LogP contribution >= 0.6 is 0 Å². The number of nitrogens with zero attached hydrogens (tertiary/aromatic N) is 5. The average Bonchev–Trinajstić information content (AvgIpc) is 3.44. The van der Waals surface area contributed by atoms with E-state index < -0.39 is 0 Å². The molecule has 2 aromatic heterocycles. The van der Waals surface area contributed by atoms with Crippen molar-refractivity contribution in [1.29, 1.82) is 0 Å². The van der Waals surface area contributed by atoms with Crippen LogP contribution < -0.4 is 0 Å². The highest BCUT2D eigenvalue weighted by Crippen LogP contribution is 2.34. The number of hydrogen-bond acceptors (Lipinski definition) is 6. The van der Waals surface area contributed by atoms with Crippen molar-refractivity contribution in [1.82, 2.24) is 24.9 Å². The molecule has 33 heavy (non-hydrogen) atoms. The van der Waals surface area contributed by atoms with Gasteiger partial charge in [0, 0.05) is 29.8 Å². The summed E-state index contributed by atoms with van der Waals surface area (Å²) in [5, 5.41) is 1.72. The summed E-state index contributed by atoms with van der Waals surface area (Å²) >= 11 is 4.97. The molecule has 0 aliphatic carbocycles. The number of allylic oxidation sites excluding steroid dienone is 4. The molecule has 0 bridgehead atoms. The number of nitrogens with one attached hydrogen (secondary N) is 1. The zero-order valence-electron chi connectivity index (χ0n) is 19.8. The van der Waals surface area contributed by atoms with Crippen molar-refractivity contribution in [2.45, 2.75) is 65.3 Å². The molecule has 0 aromatic carbocycles. The molecule has 2 aliphatic rings. The molecule has 9 heteroatoms. The maximum atomic E-state index is 13.8. The van der Waals surface area contributed by atoms with Crippen LogP contribution in [-0.2, 0) is 30.7 Å². The van der Waals surface area contributed by atoms with Crippen LogP contribution in [0.4, 0.5) is 0 Å². The number of imidazole rings is 1. The molecule has 1 amide bonds. The fourth-order valence-electron chi connectivity index (χ4n) is 4.18. The van der Waals surface area contributed by atoms with Gasteiger partial charge in [-0.25, -0.2) is 15.0 Å². The van der Waals surface area contributed by atoms with E-state index in [1.54, 1.807) is 11.3 Å². The molecule has 4 rings (SSSR count). The zero-order valence-corrected chi connectivity index (χ0v) is 20.6. The molecule has 1 N–H and O–H groups in total. The lowest BCUT2D eigenvalue weighted by molar-refractivity contribution is 0.0619. The van der Waals surface area contributed by atoms with Crippen LogP contribution in [0.25, 0.3) is 0 Å². The molecule has 0 saturated heterocycles. The monoisotopic (exact) mass is 466 g/mol. The summed E-state index contributed by atoms with van der Waals surface area (Å²) in [4.78, 5) is 28.0. The van der Waals surface area contributed by atoms with Crippen LogP contribution in [0.15, 0.2) is 50.9 Å². The topological polar surface area (TPSA) is 90.6 Å². The molecule has 0 unspecified atom stereocenters. The van der Waals surface area contributed by atoms with Gasteiger partial charge in [-0.3, -0.25) is 4.79 Å². The molecule has 2 aromatic rings. The molecular formula is C24H30N6O2S. The SMILES string of the molecule is CCc1nc(C(C)(C)C)oc1C(=O)N1CCc2[nH]cnc2[C@@H]1C/C=C1/C=CC=C(C)N1N=S. The molecular weight excluding hydrogens is 436 g/mol. The number of oxazole rings is 1. The molecule has 4 heterocycles. The van der Waals surface area contributed by atoms with Crippen LogP contribution in [0.2, 0.25) is 0 Å². The Morgan fingerprint density at radius 1 is 1.42 bits per heavy atom. The smallest absolute Gasteiger partial charge is 0.292 e. The van der Waals surface area contributed by atoms with Crippen molar-refractivity contribution in [3.8, 4) is 0 Å². The minimum atomic E-state index is -0.278. The Bertz CT molecular complexity index is 1150. The van der Waals surface area contributed by atoms with E-state index >= 15 is 0 Å². The van der Waals surface area contributed by atoms with E-state index in [9.17, 15) is 4.79 Å². The van der Waals surface area contributed by atoms with Crippen LogP contribution in [0.1, 0.15) is 80.6 Å². The number of carbonyl (C=O) groups is 1. The summed E-state index contributed by atoms with van der Waals surface area (Å²) in [5.41, 5.74) is 4.19. The first-order chi connectivity index (χ1) is 15.7. The van der Waals surface area contributed by atoms with Crippen molar-refractivity contribution in [3.05, 3.63) is 70.8 Å². The number of fused-ring (bicyclic) bond motifs is 1. The predicted octanol–water partition coefficient (Wildman–Crippen LogP) is 4.69. The number of carbonyl (C=O) groups excluding carboxylic acids is 1. The average molecular weight is 467 g/mol. The third kappa shape index (κ3) is 4.42. The van der Waals surface area contributed by atoms with Gasteiger partial charge < -0.3 is 14.3 Å². The standard InChI is InChI=1S/C24H30N6O2S/c1-6-17-21(32-23(27-17)24(3,4)5)22(31)29-13-12-18-20(26-14-25-18)19(29)11-10-16-9-7-8-15(2)30(16)28-33/h7-10,14,19H,6,11-13H2,1-5H3,(H,25,26)/b16-10-/t19-/m0/s1. The van der Waals surface area contributed by atoms with E-state index in [0.29, 0.717) is 43.2 Å². The number of rotatable bonds is 5. The van der Waals surface area contributed by atoms with Crippen molar-refractivity contribution < 1.29 is 9.21 Å². The van der Waals surface area contributed by atoms with Gasteiger partial charge in [0.1, 0.15) is 0 Å². The third-order valence-electron chi connectivity index (χ3n) is 5.99. The fraction of sp³-hybridized carbons (Fsp3) is 0.458. The van der Waals surface area contributed by atoms with Gasteiger partial charge in [-0.15, -0.1) is 0 Å². The molecule has 2 aliphatic heterocycles. The van der Waals surface area contributed by atoms with Crippen molar-refractivity contribution in [2.24, 2.45) is 4.47 Å². The van der Waals surface area contributed by atoms with Gasteiger partial charge in [-0.2, -0.15) is 0 Å². The van der Waals surface area contributed by atoms with Crippen LogP contribution in [0.5, 0.6) is 0 Å². The number of amides is 1. The normalized spacial score (nSPS) is 19.6. The Morgan fingerprint density at radius 3 is 2.91 bits per heavy atom. The van der Waals surface area contributed by atoms with Crippen LogP contribution in [0.3, 0.4) is 0 Å². The van der Waals surface area contributed by atoms with E-state index in [1.165, 1.54) is 0 Å². The minimum Gasteiger partial charge on any atom is -0.435 e. The van der Waals surface area contributed by atoms with Gasteiger partial charge in [0.2, 0.25) is 11.7 Å². The van der Waals surface area contributed by atoms with Gasteiger partial charge >= 0.3 is 0 Å². The third-order valence-corrected chi connectivity index (χ3v) is 6.15. The van der Waals surface area contributed by atoms with Crippen LogP contribution in [-0.4, -0.2) is 37.3 Å². The Hall–Kier alpha value is -3.07. The Labute approximate surface area is 199 Å².